The predicted octanol–water partition coefficient (Wildman–Crippen LogP) is 4.26. The van der Waals surface area contributed by atoms with E-state index in [0.29, 0.717) is 22.2 Å². The number of sulfonamides is 1. The molecule has 24 heavy (non-hydrogen) atoms. The minimum absolute atomic E-state index is 0.399. The molecule has 1 heterocycles. The molecule has 1 N–H and O–H groups in total. The van der Waals surface area contributed by atoms with Gasteiger partial charge < -0.3 is 9.47 Å². The smallest absolute Gasteiger partial charge is 0.255 e. The Labute approximate surface area is 145 Å². The second kappa shape index (κ2) is 6.03. The van der Waals surface area contributed by atoms with Crippen LogP contribution in [0.3, 0.4) is 0 Å². The van der Waals surface area contributed by atoms with Crippen molar-refractivity contribution in [3.05, 3.63) is 58.5 Å². The standard InChI is InChI=1S/C17H16ClNO4S/c1-17(2)22-15-8-7-14(11-16(15)23-17)19-24(20,21)10-9-12-3-5-13(18)6-4-12/h3-11,19H,1-2H3/b10-9+. The number of nitrogens with one attached hydrogen (secondary N) is 1. The number of anilines is 1. The van der Waals surface area contributed by atoms with E-state index >= 15 is 0 Å². The fourth-order valence-corrected chi connectivity index (χ4v) is 3.21. The first-order valence-electron chi connectivity index (χ1n) is 7.21. The second-order valence-corrected chi connectivity index (χ2v) is 7.77. The molecule has 0 saturated heterocycles. The Kier molecular flexibility index (Phi) is 4.19. The van der Waals surface area contributed by atoms with Gasteiger partial charge in [-0.1, -0.05) is 23.7 Å². The van der Waals surface area contributed by atoms with Crippen LogP contribution in [-0.2, 0) is 10.0 Å². The minimum atomic E-state index is -3.65. The van der Waals surface area contributed by atoms with Crippen LogP contribution in [0.15, 0.2) is 47.9 Å². The van der Waals surface area contributed by atoms with E-state index in [1.807, 2.05) is 0 Å². The Hall–Kier alpha value is -2.18. The third-order valence-corrected chi connectivity index (χ3v) is 4.49. The highest BCUT2D eigenvalue weighted by Crippen LogP contribution is 2.40. The summed E-state index contributed by atoms with van der Waals surface area (Å²) in [4.78, 5) is 0. The molecule has 0 atom stereocenters. The van der Waals surface area contributed by atoms with Crippen LogP contribution in [0.1, 0.15) is 19.4 Å². The predicted molar refractivity (Wildman–Crippen MR) is 94.8 cm³/mol. The van der Waals surface area contributed by atoms with Crippen molar-refractivity contribution >= 4 is 33.4 Å². The average molecular weight is 366 g/mol. The maximum atomic E-state index is 12.2. The lowest BCUT2D eigenvalue weighted by atomic mass is 10.2. The summed E-state index contributed by atoms with van der Waals surface area (Å²) in [6.45, 7) is 3.57. The number of rotatable bonds is 4. The van der Waals surface area contributed by atoms with Gasteiger partial charge in [0.15, 0.2) is 11.5 Å². The average Bonchev–Trinajstić information content (AvgIpc) is 2.79. The summed E-state index contributed by atoms with van der Waals surface area (Å²) < 4.78 is 38.0. The molecule has 0 radical (unpaired) electrons. The Bertz CT molecular complexity index is 889. The van der Waals surface area contributed by atoms with Crippen molar-refractivity contribution in [3.63, 3.8) is 0 Å². The lowest BCUT2D eigenvalue weighted by Gasteiger charge is -2.16. The highest BCUT2D eigenvalue weighted by molar-refractivity contribution is 7.95. The Morgan fingerprint density at radius 1 is 1.04 bits per heavy atom. The fraction of sp³-hybridized carbons (Fsp3) is 0.176. The third kappa shape index (κ3) is 4.01. The van der Waals surface area contributed by atoms with E-state index in [1.54, 1.807) is 56.3 Å². The molecular weight excluding hydrogens is 350 g/mol. The molecule has 126 valence electrons. The lowest BCUT2D eigenvalue weighted by molar-refractivity contribution is -0.0431. The first-order valence-corrected chi connectivity index (χ1v) is 9.13. The highest BCUT2D eigenvalue weighted by Gasteiger charge is 2.31. The molecule has 0 unspecified atom stereocenters. The van der Waals surface area contributed by atoms with Crippen molar-refractivity contribution < 1.29 is 17.9 Å². The SMILES string of the molecule is CC1(C)Oc2ccc(NS(=O)(=O)/C=C/c3ccc(Cl)cc3)cc2O1. The van der Waals surface area contributed by atoms with E-state index in [-0.39, 0.29) is 0 Å². The van der Waals surface area contributed by atoms with Crippen LogP contribution in [0.2, 0.25) is 5.02 Å². The van der Waals surface area contributed by atoms with Crippen LogP contribution in [0.25, 0.3) is 6.08 Å². The summed E-state index contributed by atoms with van der Waals surface area (Å²) in [5.41, 5.74) is 1.13. The molecule has 5 nitrogen and oxygen atoms in total. The molecule has 2 aromatic carbocycles. The van der Waals surface area contributed by atoms with E-state index in [9.17, 15) is 8.42 Å². The van der Waals surface area contributed by atoms with Crippen LogP contribution >= 0.6 is 11.6 Å². The molecule has 0 aliphatic carbocycles. The summed E-state index contributed by atoms with van der Waals surface area (Å²) in [6.07, 6.45) is 1.49. The summed E-state index contributed by atoms with van der Waals surface area (Å²) in [5.74, 6) is 0.329. The van der Waals surface area contributed by atoms with E-state index in [1.165, 1.54) is 6.08 Å². The largest absolute Gasteiger partial charge is 0.449 e. The van der Waals surface area contributed by atoms with Crippen molar-refractivity contribution in [1.82, 2.24) is 0 Å². The zero-order chi connectivity index (χ0) is 17.4. The number of hydrogen-bond acceptors (Lipinski definition) is 4. The Balaban J connectivity index is 1.75. The minimum Gasteiger partial charge on any atom is -0.449 e. The van der Waals surface area contributed by atoms with Gasteiger partial charge in [-0.25, -0.2) is 8.42 Å². The molecule has 2 aromatic rings. The number of ether oxygens (including phenoxy) is 2. The van der Waals surface area contributed by atoms with Gasteiger partial charge in [-0.15, -0.1) is 0 Å². The summed E-state index contributed by atoms with van der Waals surface area (Å²) in [7, 11) is -3.65. The van der Waals surface area contributed by atoms with Gasteiger partial charge in [-0.05, 0) is 35.9 Å². The van der Waals surface area contributed by atoms with Gasteiger partial charge in [0.25, 0.3) is 10.0 Å². The summed E-state index contributed by atoms with van der Waals surface area (Å²) in [6, 6.07) is 11.7. The van der Waals surface area contributed by atoms with Gasteiger partial charge in [-0.3, -0.25) is 4.72 Å². The molecule has 1 aliphatic rings. The van der Waals surface area contributed by atoms with Gasteiger partial charge in [0.1, 0.15) is 0 Å². The number of hydrogen-bond donors (Lipinski definition) is 1. The van der Waals surface area contributed by atoms with Crippen molar-refractivity contribution in [2.45, 2.75) is 19.6 Å². The highest BCUT2D eigenvalue weighted by atomic mass is 35.5. The maximum Gasteiger partial charge on any atom is 0.255 e. The zero-order valence-electron chi connectivity index (χ0n) is 13.1. The van der Waals surface area contributed by atoms with Gasteiger partial charge in [-0.2, -0.15) is 0 Å². The molecular formula is C17H16ClNO4S. The Morgan fingerprint density at radius 2 is 1.71 bits per heavy atom. The maximum absolute atomic E-state index is 12.2. The molecule has 0 saturated carbocycles. The van der Waals surface area contributed by atoms with E-state index in [4.69, 9.17) is 21.1 Å². The first-order chi connectivity index (χ1) is 11.2. The molecule has 0 amide bonds. The monoisotopic (exact) mass is 365 g/mol. The van der Waals surface area contributed by atoms with E-state index < -0.39 is 15.8 Å². The normalized spacial score (nSPS) is 15.6. The zero-order valence-corrected chi connectivity index (χ0v) is 14.7. The summed E-state index contributed by atoms with van der Waals surface area (Å²) >= 11 is 5.80. The van der Waals surface area contributed by atoms with Gasteiger partial charge in [0.05, 0.1) is 11.1 Å². The molecule has 0 bridgehead atoms. The molecule has 0 spiro atoms. The molecule has 1 aliphatic heterocycles. The van der Waals surface area contributed by atoms with Gasteiger partial charge >= 0.3 is 0 Å². The third-order valence-electron chi connectivity index (χ3n) is 3.22. The summed E-state index contributed by atoms with van der Waals surface area (Å²) in [5, 5.41) is 1.70. The first kappa shape index (κ1) is 16.7. The number of fused-ring (bicyclic) bond motifs is 1. The van der Waals surface area contributed by atoms with Crippen molar-refractivity contribution in [3.8, 4) is 11.5 Å². The van der Waals surface area contributed by atoms with Crippen LogP contribution < -0.4 is 14.2 Å². The van der Waals surface area contributed by atoms with Gasteiger partial charge in [0.2, 0.25) is 5.79 Å². The topological polar surface area (TPSA) is 64.6 Å². The molecule has 0 fully saturated rings. The quantitative estimate of drug-likeness (QED) is 0.879. The molecule has 0 aromatic heterocycles. The second-order valence-electron chi connectivity index (χ2n) is 5.77. The molecule has 7 heteroatoms. The van der Waals surface area contributed by atoms with E-state index in [0.717, 1.165) is 11.0 Å². The van der Waals surface area contributed by atoms with Crippen LogP contribution in [-0.4, -0.2) is 14.2 Å². The number of halogens is 1. The van der Waals surface area contributed by atoms with Crippen molar-refractivity contribution in [2.75, 3.05) is 4.72 Å². The van der Waals surface area contributed by atoms with Crippen molar-refractivity contribution in [1.29, 1.82) is 0 Å². The van der Waals surface area contributed by atoms with Crippen LogP contribution in [0.5, 0.6) is 11.5 Å². The Morgan fingerprint density at radius 3 is 2.42 bits per heavy atom. The van der Waals surface area contributed by atoms with E-state index in [2.05, 4.69) is 4.72 Å². The van der Waals surface area contributed by atoms with Crippen molar-refractivity contribution in [2.24, 2.45) is 0 Å². The number of benzene rings is 2. The van der Waals surface area contributed by atoms with Gasteiger partial charge in [0, 0.05) is 24.9 Å². The lowest BCUT2D eigenvalue weighted by Crippen LogP contribution is -2.29. The van der Waals surface area contributed by atoms with Crippen LogP contribution in [0.4, 0.5) is 5.69 Å². The molecule has 3 rings (SSSR count). The van der Waals surface area contributed by atoms with Crippen LogP contribution in [0, 0.1) is 0 Å². The fourth-order valence-electron chi connectivity index (χ4n) is 2.23.